The van der Waals surface area contributed by atoms with Gasteiger partial charge in [0.25, 0.3) is 0 Å². The first-order chi connectivity index (χ1) is 9.32. The predicted molar refractivity (Wildman–Crippen MR) is 68.8 cm³/mol. The first kappa shape index (κ1) is 14.7. The van der Waals surface area contributed by atoms with Gasteiger partial charge in [-0.3, -0.25) is 0 Å². The van der Waals surface area contributed by atoms with E-state index in [0.29, 0.717) is 6.42 Å². The summed E-state index contributed by atoms with van der Waals surface area (Å²) < 4.78 is 50.5. The molecule has 0 saturated carbocycles. The second-order valence-electron chi connectivity index (χ2n) is 4.56. The van der Waals surface area contributed by atoms with Crippen molar-refractivity contribution in [3.8, 4) is 0 Å². The highest BCUT2D eigenvalue weighted by molar-refractivity contribution is 7.91. The fraction of sp³-hybridized carbons (Fsp3) is 0.417. The zero-order chi connectivity index (χ0) is 14.9. The third-order valence-electron chi connectivity index (χ3n) is 3.19. The molecule has 1 aliphatic heterocycles. The summed E-state index contributed by atoms with van der Waals surface area (Å²) in [5.74, 6) is -4.35. The molecule has 0 spiro atoms. The monoisotopic (exact) mass is 305 g/mol. The van der Waals surface area contributed by atoms with E-state index in [4.69, 9.17) is 5.11 Å². The standard InChI is InChI=1S/C12H13F2NO4S/c13-10-8(12(16)17)2-3-9(11(10)14)15-4-1-6-20(18,19)7-5-15/h2-3H,1,4-7H2,(H,16,17). The van der Waals surface area contributed by atoms with E-state index >= 15 is 0 Å². The van der Waals surface area contributed by atoms with Crippen LogP contribution in [-0.4, -0.2) is 44.1 Å². The van der Waals surface area contributed by atoms with E-state index in [1.54, 1.807) is 0 Å². The summed E-state index contributed by atoms with van der Waals surface area (Å²) in [6.45, 7) is 0.340. The van der Waals surface area contributed by atoms with Crippen LogP contribution < -0.4 is 4.90 Å². The smallest absolute Gasteiger partial charge is 0.338 e. The van der Waals surface area contributed by atoms with Crippen molar-refractivity contribution in [3.63, 3.8) is 0 Å². The summed E-state index contributed by atoms with van der Waals surface area (Å²) in [4.78, 5) is 12.1. The predicted octanol–water partition coefficient (Wildman–Crippen LogP) is 1.29. The number of aromatic carboxylic acids is 1. The van der Waals surface area contributed by atoms with Gasteiger partial charge in [0, 0.05) is 13.1 Å². The van der Waals surface area contributed by atoms with Crippen LogP contribution >= 0.6 is 0 Å². The molecule has 5 nitrogen and oxygen atoms in total. The van der Waals surface area contributed by atoms with E-state index in [1.807, 2.05) is 0 Å². The summed E-state index contributed by atoms with van der Waals surface area (Å²) in [6, 6.07) is 2.15. The highest BCUT2D eigenvalue weighted by Gasteiger charge is 2.24. The van der Waals surface area contributed by atoms with Crippen molar-refractivity contribution in [2.75, 3.05) is 29.5 Å². The Morgan fingerprint density at radius 3 is 2.50 bits per heavy atom. The van der Waals surface area contributed by atoms with Crippen molar-refractivity contribution in [1.82, 2.24) is 0 Å². The molecule has 1 aromatic rings. The molecule has 0 unspecified atom stereocenters. The number of sulfone groups is 1. The van der Waals surface area contributed by atoms with Crippen molar-refractivity contribution >= 4 is 21.5 Å². The Hall–Kier alpha value is -1.70. The van der Waals surface area contributed by atoms with Gasteiger partial charge in [-0.2, -0.15) is 0 Å². The first-order valence-electron chi connectivity index (χ1n) is 5.98. The van der Waals surface area contributed by atoms with Crippen LogP contribution in [0.2, 0.25) is 0 Å². The third kappa shape index (κ3) is 2.90. The SMILES string of the molecule is O=C(O)c1ccc(N2CCCS(=O)(=O)CC2)c(F)c1F. The van der Waals surface area contributed by atoms with Gasteiger partial charge in [-0.15, -0.1) is 0 Å². The Morgan fingerprint density at radius 1 is 1.15 bits per heavy atom. The molecule has 1 saturated heterocycles. The molecule has 1 heterocycles. The van der Waals surface area contributed by atoms with Crippen molar-refractivity contribution < 1.29 is 27.1 Å². The average Bonchev–Trinajstić information content (AvgIpc) is 2.53. The second kappa shape index (κ2) is 5.35. The lowest BCUT2D eigenvalue weighted by Gasteiger charge is -2.23. The lowest BCUT2D eigenvalue weighted by molar-refractivity contribution is 0.0690. The minimum absolute atomic E-state index is 0.0147. The molecule has 0 amide bonds. The van der Waals surface area contributed by atoms with E-state index < -0.39 is 33.0 Å². The molecule has 0 radical (unpaired) electrons. The molecule has 1 aliphatic rings. The van der Waals surface area contributed by atoms with Gasteiger partial charge in [0.2, 0.25) is 0 Å². The zero-order valence-corrected chi connectivity index (χ0v) is 11.3. The van der Waals surface area contributed by atoms with Crippen LogP contribution in [0.15, 0.2) is 12.1 Å². The molecule has 0 bridgehead atoms. The maximum atomic E-state index is 13.9. The minimum Gasteiger partial charge on any atom is -0.478 e. The molecule has 20 heavy (non-hydrogen) atoms. The van der Waals surface area contributed by atoms with Gasteiger partial charge in [-0.05, 0) is 18.6 Å². The van der Waals surface area contributed by atoms with E-state index in [9.17, 15) is 22.0 Å². The Kier molecular flexibility index (Phi) is 3.94. The molecule has 8 heteroatoms. The summed E-state index contributed by atoms with van der Waals surface area (Å²) in [5.41, 5.74) is -0.849. The molecule has 110 valence electrons. The minimum atomic E-state index is -3.16. The molecule has 2 rings (SSSR count). The lowest BCUT2D eigenvalue weighted by Crippen LogP contribution is -2.28. The zero-order valence-electron chi connectivity index (χ0n) is 10.5. The van der Waals surface area contributed by atoms with Gasteiger partial charge in [0.1, 0.15) is 0 Å². The van der Waals surface area contributed by atoms with Gasteiger partial charge in [0.05, 0.1) is 22.8 Å². The van der Waals surface area contributed by atoms with Gasteiger partial charge >= 0.3 is 5.97 Å². The number of anilines is 1. The van der Waals surface area contributed by atoms with Crippen LogP contribution in [0.1, 0.15) is 16.8 Å². The van der Waals surface area contributed by atoms with Gasteiger partial charge in [-0.1, -0.05) is 0 Å². The Morgan fingerprint density at radius 2 is 1.85 bits per heavy atom. The third-order valence-corrected chi connectivity index (χ3v) is 4.90. The number of carboxylic acids is 1. The van der Waals surface area contributed by atoms with Gasteiger partial charge in [0.15, 0.2) is 21.5 Å². The molecule has 1 N–H and O–H groups in total. The Labute approximate surface area is 114 Å². The number of nitrogens with zero attached hydrogens (tertiary/aromatic N) is 1. The number of carboxylic acid groups (broad SMARTS) is 1. The molecular formula is C12H13F2NO4S. The fourth-order valence-corrected chi connectivity index (χ4v) is 3.40. The quantitative estimate of drug-likeness (QED) is 0.891. The fourth-order valence-electron chi connectivity index (χ4n) is 2.13. The van der Waals surface area contributed by atoms with Crippen molar-refractivity contribution in [2.45, 2.75) is 6.42 Å². The largest absolute Gasteiger partial charge is 0.478 e. The molecular weight excluding hydrogens is 292 g/mol. The van der Waals surface area contributed by atoms with Crippen molar-refractivity contribution in [2.24, 2.45) is 0 Å². The van der Waals surface area contributed by atoms with Gasteiger partial charge in [-0.25, -0.2) is 22.0 Å². The molecule has 1 aromatic carbocycles. The number of rotatable bonds is 2. The number of benzene rings is 1. The summed E-state index contributed by atoms with van der Waals surface area (Å²) in [5, 5.41) is 8.71. The van der Waals surface area contributed by atoms with E-state index in [2.05, 4.69) is 0 Å². The maximum Gasteiger partial charge on any atom is 0.338 e. The number of carbonyl (C=O) groups is 1. The van der Waals surface area contributed by atoms with Crippen LogP contribution in [-0.2, 0) is 9.84 Å². The highest BCUT2D eigenvalue weighted by atomic mass is 32.2. The van der Waals surface area contributed by atoms with Crippen molar-refractivity contribution in [3.05, 3.63) is 29.3 Å². The normalized spacial score (nSPS) is 18.6. The Balaban J connectivity index is 2.34. The average molecular weight is 305 g/mol. The number of hydrogen-bond acceptors (Lipinski definition) is 4. The first-order valence-corrected chi connectivity index (χ1v) is 7.80. The Bertz CT molecular complexity index is 645. The second-order valence-corrected chi connectivity index (χ2v) is 6.86. The summed E-state index contributed by atoms with van der Waals surface area (Å²) >= 11 is 0. The molecule has 0 aromatic heterocycles. The molecule has 0 atom stereocenters. The highest BCUT2D eigenvalue weighted by Crippen LogP contribution is 2.25. The van der Waals surface area contributed by atoms with Gasteiger partial charge < -0.3 is 10.0 Å². The van der Waals surface area contributed by atoms with Crippen LogP contribution in [0.3, 0.4) is 0 Å². The topological polar surface area (TPSA) is 74.7 Å². The number of hydrogen-bond donors (Lipinski definition) is 1. The van der Waals surface area contributed by atoms with E-state index in [-0.39, 0.29) is 30.3 Å². The van der Waals surface area contributed by atoms with Crippen LogP contribution in [0.5, 0.6) is 0 Å². The molecule has 1 fully saturated rings. The summed E-state index contributed by atoms with van der Waals surface area (Å²) in [7, 11) is -3.16. The van der Waals surface area contributed by atoms with E-state index in [0.717, 1.165) is 6.07 Å². The number of halogens is 2. The van der Waals surface area contributed by atoms with Crippen LogP contribution in [0.25, 0.3) is 0 Å². The lowest BCUT2D eigenvalue weighted by atomic mass is 10.1. The van der Waals surface area contributed by atoms with Crippen LogP contribution in [0.4, 0.5) is 14.5 Å². The molecule has 0 aliphatic carbocycles. The maximum absolute atomic E-state index is 13.9. The summed E-state index contributed by atoms with van der Waals surface area (Å²) in [6.07, 6.45) is 0.323. The van der Waals surface area contributed by atoms with Crippen molar-refractivity contribution in [1.29, 1.82) is 0 Å². The van der Waals surface area contributed by atoms with E-state index in [1.165, 1.54) is 11.0 Å². The van der Waals surface area contributed by atoms with Crippen LogP contribution in [0, 0.1) is 11.6 Å².